The number of nitrogens with two attached hydrogens (primary N) is 1. The number of hydrogen-bond acceptors (Lipinski definition) is 4. The molecule has 0 aromatic heterocycles. The molecule has 0 spiro atoms. The minimum atomic E-state index is -0.316. The van der Waals surface area contributed by atoms with Crippen molar-refractivity contribution in [2.45, 2.75) is 50.7 Å². The molecule has 0 heterocycles. The van der Waals surface area contributed by atoms with Gasteiger partial charge in [-0.05, 0) is 19.8 Å². The summed E-state index contributed by atoms with van der Waals surface area (Å²) >= 11 is 0. The lowest BCUT2D eigenvalue weighted by Gasteiger charge is -2.23. The first kappa shape index (κ1) is 12.5. The summed E-state index contributed by atoms with van der Waals surface area (Å²) in [7, 11) is 1.59. The Hall–Kier alpha value is -0.610. The molecular weight excluding hydrogens is 194 g/mol. The highest BCUT2D eigenvalue weighted by atomic mass is 16.6. The molecular formula is C11H21NO3. The minimum Gasteiger partial charge on any atom is -0.460 e. The smallest absolute Gasteiger partial charge is 0.307 e. The predicted octanol–water partition coefficient (Wildman–Crippen LogP) is 1.23. The molecule has 1 atom stereocenters. The van der Waals surface area contributed by atoms with Crippen molar-refractivity contribution in [3.63, 3.8) is 0 Å². The largest absolute Gasteiger partial charge is 0.460 e. The summed E-state index contributed by atoms with van der Waals surface area (Å²) in [5.74, 6) is -0.205. The molecule has 1 rings (SSSR count). The van der Waals surface area contributed by atoms with E-state index in [9.17, 15) is 4.79 Å². The second kappa shape index (κ2) is 5.47. The van der Waals surface area contributed by atoms with Gasteiger partial charge >= 0.3 is 5.97 Å². The van der Waals surface area contributed by atoms with Gasteiger partial charge in [0.2, 0.25) is 0 Å². The second-order valence-electron chi connectivity index (χ2n) is 4.50. The van der Waals surface area contributed by atoms with Gasteiger partial charge in [-0.2, -0.15) is 0 Å². The quantitative estimate of drug-likeness (QED) is 0.701. The van der Waals surface area contributed by atoms with Gasteiger partial charge < -0.3 is 15.2 Å². The first-order valence-electron chi connectivity index (χ1n) is 5.53. The van der Waals surface area contributed by atoms with E-state index in [1.807, 2.05) is 6.92 Å². The third-order valence-corrected chi connectivity index (χ3v) is 2.83. The van der Waals surface area contributed by atoms with Crippen molar-refractivity contribution in [2.24, 2.45) is 5.73 Å². The van der Waals surface area contributed by atoms with Crippen LogP contribution in [0.25, 0.3) is 0 Å². The van der Waals surface area contributed by atoms with Crippen LogP contribution < -0.4 is 5.73 Å². The fourth-order valence-corrected chi connectivity index (χ4v) is 2.08. The first-order chi connectivity index (χ1) is 7.06. The van der Waals surface area contributed by atoms with Gasteiger partial charge in [0, 0.05) is 12.6 Å². The number of hydrogen-bond donors (Lipinski definition) is 1. The Morgan fingerprint density at radius 2 is 2.07 bits per heavy atom. The summed E-state index contributed by atoms with van der Waals surface area (Å²) in [6, 6.07) is 0. The Kier molecular flexibility index (Phi) is 4.54. The molecule has 15 heavy (non-hydrogen) atoms. The molecule has 1 fully saturated rings. The van der Waals surface area contributed by atoms with E-state index in [-0.39, 0.29) is 17.6 Å². The van der Waals surface area contributed by atoms with Crippen LogP contribution in [0, 0.1) is 0 Å². The summed E-state index contributed by atoms with van der Waals surface area (Å²) in [6.45, 7) is 2.25. The Labute approximate surface area is 91.1 Å². The highest BCUT2D eigenvalue weighted by molar-refractivity contribution is 5.71. The standard InChI is InChI=1S/C11H21NO3/c1-9(8-14-2)15-10(13)7-11(12)5-3-4-6-11/h9H,3-8,12H2,1-2H3. The van der Waals surface area contributed by atoms with E-state index in [0.717, 1.165) is 25.7 Å². The monoisotopic (exact) mass is 215 g/mol. The molecule has 1 saturated carbocycles. The van der Waals surface area contributed by atoms with Crippen molar-refractivity contribution >= 4 is 5.97 Å². The molecule has 1 unspecified atom stereocenters. The third kappa shape index (κ3) is 4.18. The zero-order chi connectivity index (χ0) is 11.3. The Balaban J connectivity index is 2.28. The van der Waals surface area contributed by atoms with Gasteiger partial charge in [0.25, 0.3) is 0 Å². The van der Waals surface area contributed by atoms with Crippen LogP contribution in [-0.4, -0.2) is 31.3 Å². The summed E-state index contributed by atoms with van der Waals surface area (Å²) in [6.07, 6.45) is 4.25. The van der Waals surface area contributed by atoms with Crippen LogP contribution in [0.2, 0.25) is 0 Å². The molecule has 0 amide bonds. The first-order valence-corrected chi connectivity index (χ1v) is 5.53. The molecule has 0 aliphatic heterocycles. The highest BCUT2D eigenvalue weighted by Crippen LogP contribution is 2.30. The highest BCUT2D eigenvalue weighted by Gasteiger charge is 2.32. The van der Waals surface area contributed by atoms with Gasteiger partial charge in [0.05, 0.1) is 13.0 Å². The maximum absolute atomic E-state index is 11.5. The molecule has 4 nitrogen and oxygen atoms in total. The van der Waals surface area contributed by atoms with Crippen LogP contribution >= 0.6 is 0 Å². The maximum Gasteiger partial charge on any atom is 0.307 e. The van der Waals surface area contributed by atoms with E-state index in [1.54, 1.807) is 7.11 Å². The molecule has 2 N–H and O–H groups in total. The van der Waals surface area contributed by atoms with Crippen molar-refractivity contribution < 1.29 is 14.3 Å². The lowest BCUT2D eigenvalue weighted by molar-refractivity contribution is -0.151. The normalized spacial score (nSPS) is 21.3. The van der Waals surface area contributed by atoms with E-state index >= 15 is 0 Å². The number of esters is 1. The van der Waals surface area contributed by atoms with Gasteiger partial charge in [-0.3, -0.25) is 4.79 Å². The van der Waals surface area contributed by atoms with Crippen LogP contribution in [0.3, 0.4) is 0 Å². The van der Waals surface area contributed by atoms with Crippen molar-refractivity contribution in [1.82, 2.24) is 0 Å². The van der Waals surface area contributed by atoms with Gasteiger partial charge in [-0.1, -0.05) is 12.8 Å². The molecule has 4 heteroatoms. The van der Waals surface area contributed by atoms with Crippen LogP contribution in [0.4, 0.5) is 0 Å². The van der Waals surface area contributed by atoms with Crippen molar-refractivity contribution in [3.05, 3.63) is 0 Å². The Morgan fingerprint density at radius 1 is 1.47 bits per heavy atom. The number of carbonyl (C=O) groups is 1. The molecule has 0 saturated heterocycles. The molecule has 1 aliphatic rings. The summed E-state index contributed by atoms with van der Waals surface area (Å²) in [5, 5.41) is 0. The van der Waals surface area contributed by atoms with Gasteiger partial charge in [0.1, 0.15) is 6.10 Å². The van der Waals surface area contributed by atoms with Gasteiger partial charge in [0.15, 0.2) is 0 Å². The molecule has 0 aromatic rings. The lowest BCUT2D eigenvalue weighted by Crippen LogP contribution is -2.40. The topological polar surface area (TPSA) is 61.5 Å². The summed E-state index contributed by atoms with van der Waals surface area (Å²) in [5.41, 5.74) is 5.76. The van der Waals surface area contributed by atoms with E-state index in [1.165, 1.54) is 0 Å². The summed E-state index contributed by atoms with van der Waals surface area (Å²) < 4.78 is 10.1. The lowest BCUT2D eigenvalue weighted by atomic mass is 9.95. The van der Waals surface area contributed by atoms with Crippen molar-refractivity contribution in [2.75, 3.05) is 13.7 Å². The van der Waals surface area contributed by atoms with Gasteiger partial charge in [-0.15, -0.1) is 0 Å². The Morgan fingerprint density at radius 3 is 2.60 bits per heavy atom. The van der Waals surface area contributed by atoms with Crippen LogP contribution in [0.15, 0.2) is 0 Å². The molecule has 1 aliphatic carbocycles. The molecule has 88 valence electrons. The number of methoxy groups -OCH3 is 1. The zero-order valence-corrected chi connectivity index (χ0v) is 9.62. The maximum atomic E-state index is 11.5. The van der Waals surface area contributed by atoms with Crippen LogP contribution in [0.5, 0.6) is 0 Å². The number of rotatable bonds is 5. The number of ether oxygens (including phenoxy) is 2. The number of carbonyl (C=O) groups excluding carboxylic acids is 1. The fourth-order valence-electron chi connectivity index (χ4n) is 2.08. The zero-order valence-electron chi connectivity index (χ0n) is 9.62. The van der Waals surface area contributed by atoms with Crippen molar-refractivity contribution in [3.8, 4) is 0 Å². The fraction of sp³-hybridized carbons (Fsp3) is 0.909. The van der Waals surface area contributed by atoms with E-state index in [4.69, 9.17) is 15.2 Å². The molecule has 0 aromatic carbocycles. The van der Waals surface area contributed by atoms with E-state index in [0.29, 0.717) is 13.0 Å². The predicted molar refractivity (Wildman–Crippen MR) is 57.4 cm³/mol. The van der Waals surface area contributed by atoms with Crippen LogP contribution in [-0.2, 0) is 14.3 Å². The summed E-state index contributed by atoms with van der Waals surface area (Å²) in [4.78, 5) is 11.5. The van der Waals surface area contributed by atoms with Crippen LogP contribution in [0.1, 0.15) is 39.0 Å². The average Bonchev–Trinajstić information content (AvgIpc) is 2.51. The molecule has 0 radical (unpaired) electrons. The van der Waals surface area contributed by atoms with Gasteiger partial charge in [-0.25, -0.2) is 0 Å². The van der Waals surface area contributed by atoms with Crippen molar-refractivity contribution in [1.29, 1.82) is 0 Å². The Bertz CT molecular complexity index is 212. The third-order valence-electron chi connectivity index (χ3n) is 2.83. The molecule has 0 bridgehead atoms. The minimum absolute atomic E-state index is 0.187. The average molecular weight is 215 g/mol. The van der Waals surface area contributed by atoms with E-state index < -0.39 is 0 Å². The van der Waals surface area contributed by atoms with E-state index in [2.05, 4.69) is 0 Å². The second-order valence-corrected chi connectivity index (χ2v) is 4.50. The SMILES string of the molecule is COCC(C)OC(=O)CC1(N)CCCC1.